The molecule has 0 spiro atoms. The molecule has 94 valence electrons. The Hall–Kier alpha value is -0.730. The summed E-state index contributed by atoms with van der Waals surface area (Å²) in [6.07, 6.45) is 3.89. The molecule has 0 aliphatic carbocycles. The number of hydrogen-bond acceptors (Lipinski definition) is 2. The summed E-state index contributed by atoms with van der Waals surface area (Å²) in [5.74, 6) is 0.879. The van der Waals surface area contributed by atoms with Crippen molar-refractivity contribution in [1.82, 2.24) is 5.32 Å². The predicted octanol–water partition coefficient (Wildman–Crippen LogP) is 3.45. The van der Waals surface area contributed by atoms with Crippen molar-refractivity contribution in [2.24, 2.45) is 5.92 Å². The number of anilines is 1. The van der Waals surface area contributed by atoms with Crippen LogP contribution < -0.4 is 10.6 Å². The molecule has 0 bridgehead atoms. The SMILES string of the molecule is Cc1ccc(NCCC2CCNCC2)cc1Cl. The highest BCUT2D eigenvalue weighted by molar-refractivity contribution is 6.31. The van der Waals surface area contributed by atoms with Crippen molar-refractivity contribution in [3.8, 4) is 0 Å². The van der Waals surface area contributed by atoms with Crippen molar-refractivity contribution < 1.29 is 0 Å². The van der Waals surface area contributed by atoms with Gasteiger partial charge in [-0.1, -0.05) is 17.7 Å². The highest BCUT2D eigenvalue weighted by Gasteiger charge is 2.11. The van der Waals surface area contributed by atoms with Crippen molar-refractivity contribution in [2.45, 2.75) is 26.2 Å². The summed E-state index contributed by atoms with van der Waals surface area (Å²) in [5, 5.41) is 7.70. The van der Waals surface area contributed by atoms with E-state index in [4.69, 9.17) is 11.6 Å². The van der Waals surface area contributed by atoms with Crippen LogP contribution >= 0.6 is 11.6 Å². The lowest BCUT2D eigenvalue weighted by Gasteiger charge is -2.22. The zero-order chi connectivity index (χ0) is 12.1. The fourth-order valence-corrected chi connectivity index (χ4v) is 2.47. The lowest BCUT2D eigenvalue weighted by Crippen LogP contribution is -2.28. The third-order valence-corrected chi connectivity index (χ3v) is 3.92. The van der Waals surface area contributed by atoms with Crippen molar-refractivity contribution in [3.63, 3.8) is 0 Å². The zero-order valence-corrected chi connectivity index (χ0v) is 11.2. The van der Waals surface area contributed by atoms with Crippen LogP contribution in [0.25, 0.3) is 0 Å². The molecule has 2 nitrogen and oxygen atoms in total. The third-order valence-electron chi connectivity index (χ3n) is 3.51. The van der Waals surface area contributed by atoms with Crippen LogP contribution in [0.3, 0.4) is 0 Å². The molecule has 0 amide bonds. The number of rotatable bonds is 4. The van der Waals surface area contributed by atoms with E-state index in [2.05, 4.69) is 22.8 Å². The van der Waals surface area contributed by atoms with E-state index in [0.29, 0.717) is 0 Å². The Balaban J connectivity index is 1.75. The standard InChI is InChI=1S/C14H21ClN2/c1-11-2-3-13(10-14(11)15)17-9-6-12-4-7-16-8-5-12/h2-3,10,12,16-17H,4-9H2,1H3. The number of aryl methyl sites for hydroxylation is 1. The molecule has 17 heavy (non-hydrogen) atoms. The van der Waals surface area contributed by atoms with Crippen LogP contribution in [0.1, 0.15) is 24.8 Å². The van der Waals surface area contributed by atoms with Gasteiger partial charge >= 0.3 is 0 Å². The fraction of sp³-hybridized carbons (Fsp3) is 0.571. The molecule has 1 aromatic rings. The van der Waals surface area contributed by atoms with E-state index in [-0.39, 0.29) is 0 Å². The maximum absolute atomic E-state index is 6.09. The van der Waals surface area contributed by atoms with E-state index >= 15 is 0 Å². The largest absolute Gasteiger partial charge is 0.385 e. The molecule has 0 unspecified atom stereocenters. The molecule has 0 atom stereocenters. The summed E-state index contributed by atoms with van der Waals surface area (Å²) < 4.78 is 0. The molecule has 1 fully saturated rings. The van der Waals surface area contributed by atoms with Crippen molar-refractivity contribution in [2.75, 3.05) is 25.0 Å². The first-order valence-corrected chi connectivity index (χ1v) is 6.84. The van der Waals surface area contributed by atoms with Gasteiger partial charge in [0.15, 0.2) is 0 Å². The van der Waals surface area contributed by atoms with E-state index in [1.165, 1.54) is 32.4 Å². The molecule has 1 aliphatic rings. The van der Waals surface area contributed by atoms with E-state index in [0.717, 1.165) is 28.7 Å². The first kappa shape index (κ1) is 12.7. The summed E-state index contributed by atoms with van der Waals surface area (Å²) in [5.41, 5.74) is 2.27. The highest BCUT2D eigenvalue weighted by atomic mass is 35.5. The van der Waals surface area contributed by atoms with Gasteiger partial charge in [-0.25, -0.2) is 0 Å². The smallest absolute Gasteiger partial charge is 0.0455 e. The fourth-order valence-electron chi connectivity index (χ4n) is 2.29. The van der Waals surface area contributed by atoms with E-state index in [9.17, 15) is 0 Å². The molecule has 0 radical (unpaired) electrons. The van der Waals surface area contributed by atoms with Crippen LogP contribution in [-0.4, -0.2) is 19.6 Å². The van der Waals surface area contributed by atoms with Gasteiger partial charge in [0.1, 0.15) is 0 Å². The van der Waals surface area contributed by atoms with Gasteiger partial charge in [-0.3, -0.25) is 0 Å². The molecular weight excluding hydrogens is 232 g/mol. The van der Waals surface area contributed by atoms with Crippen LogP contribution in [0, 0.1) is 12.8 Å². The number of hydrogen-bond donors (Lipinski definition) is 2. The van der Waals surface area contributed by atoms with Crippen LogP contribution in [0.5, 0.6) is 0 Å². The average Bonchev–Trinajstić information content (AvgIpc) is 2.35. The van der Waals surface area contributed by atoms with E-state index < -0.39 is 0 Å². The van der Waals surface area contributed by atoms with Gasteiger partial charge < -0.3 is 10.6 Å². The van der Waals surface area contributed by atoms with Crippen molar-refractivity contribution in [3.05, 3.63) is 28.8 Å². The zero-order valence-electron chi connectivity index (χ0n) is 10.4. The second-order valence-corrected chi connectivity index (χ2v) is 5.28. The maximum atomic E-state index is 6.09. The lowest BCUT2D eigenvalue weighted by molar-refractivity contribution is 0.361. The van der Waals surface area contributed by atoms with Crippen LogP contribution in [-0.2, 0) is 0 Å². The Kier molecular flexibility index (Phi) is 4.69. The van der Waals surface area contributed by atoms with Gasteiger partial charge in [-0.2, -0.15) is 0 Å². The quantitative estimate of drug-likeness (QED) is 0.858. The Morgan fingerprint density at radius 1 is 1.35 bits per heavy atom. The minimum atomic E-state index is 0.844. The molecule has 0 saturated carbocycles. The highest BCUT2D eigenvalue weighted by Crippen LogP contribution is 2.21. The van der Waals surface area contributed by atoms with Crippen molar-refractivity contribution >= 4 is 17.3 Å². The minimum absolute atomic E-state index is 0.844. The van der Waals surface area contributed by atoms with E-state index in [1.807, 2.05) is 13.0 Å². The van der Waals surface area contributed by atoms with Gasteiger partial charge in [0.05, 0.1) is 0 Å². The molecule has 1 aromatic carbocycles. The monoisotopic (exact) mass is 252 g/mol. The van der Waals surface area contributed by atoms with Crippen molar-refractivity contribution in [1.29, 1.82) is 0 Å². The Labute approximate surface area is 109 Å². The molecule has 1 heterocycles. The topological polar surface area (TPSA) is 24.1 Å². The number of benzene rings is 1. The van der Waals surface area contributed by atoms with Crippen LogP contribution in [0.2, 0.25) is 5.02 Å². The van der Waals surface area contributed by atoms with Crippen LogP contribution in [0.15, 0.2) is 18.2 Å². The Bertz CT molecular complexity index is 359. The molecule has 2 N–H and O–H groups in total. The number of piperidine rings is 1. The predicted molar refractivity (Wildman–Crippen MR) is 74.9 cm³/mol. The molecular formula is C14H21ClN2. The Morgan fingerprint density at radius 2 is 2.12 bits per heavy atom. The summed E-state index contributed by atoms with van der Waals surface area (Å²) in [4.78, 5) is 0. The van der Waals surface area contributed by atoms with Gasteiger partial charge in [0, 0.05) is 17.3 Å². The minimum Gasteiger partial charge on any atom is -0.385 e. The summed E-state index contributed by atoms with van der Waals surface area (Å²) in [6.45, 7) is 5.44. The number of halogens is 1. The summed E-state index contributed by atoms with van der Waals surface area (Å²) in [7, 11) is 0. The number of nitrogens with one attached hydrogen (secondary N) is 2. The Morgan fingerprint density at radius 3 is 2.82 bits per heavy atom. The maximum Gasteiger partial charge on any atom is 0.0455 e. The van der Waals surface area contributed by atoms with Gasteiger partial charge in [-0.05, 0) is 62.9 Å². The molecule has 2 rings (SSSR count). The summed E-state index contributed by atoms with van der Waals surface area (Å²) >= 11 is 6.09. The molecule has 3 heteroatoms. The first-order chi connectivity index (χ1) is 8.25. The molecule has 1 aliphatic heterocycles. The lowest BCUT2D eigenvalue weighted by atomic mass is 9.95. The van der Waals surface area contributed by atoms with Gasteiger partial charge in [0.2, 0.25) is 0 Å². The van der Waals surface area contributed by atoms with E-state index in [1.54, 1.807) is 0 Å². The van der Waals surface area contributed by atoms with Crippen LogP contribution in [0.4, 0.5) is 5.69 Å². The normalized spacial score (nSPS) is 17.1. The van der Waals surface area contributed by atoms with Gasteiger partial charge in [-0.15, -0.1) is 0 Å². The molecule has 0 aromatic heterocycles. The average molecular weight is 253 g/mol. The summed E-state index contributed by atoms with van der Waals surface area (Å²) in [6, 6.07) is 6.18. The molecule has 1 saturated heterocycles. The second-order valence-electron chi connectivity index (χ2n) is 4.87. The van der Waals surface area contributed by atoms with Gasteiger partial charge in [0.25, 0.3) is 0 Å². The first-order valence-electron chi connectivity index (χ1n) is 6.46. The third kappa shape index (κ3) is 3.90. The second kappa shape index (κ2) is 6.27.